The third-order valence-electron chi connectivity index (χ3n) is 6.28. The Bertz CT molecular complexity index is 1240. The first-order valence-corrected chi connectivity index (χ1v) is 13.1. The highest BCUT2D eigenvalue weighted by molar-refractivity contribution is 5.94. The number of carbonyl (C=O) groups excluding carboxylic acids is 2. The molecule has 0 bridgehead atoms. The van der Waals surface area contributed by atoms with Gasteiger partial charge in [0.25, 0.3) is 0 Å². The summed E-state index contributed by atoms with van der Waals surface area (Å²) in [5.74, 6) is -0.251. The Labute approximate surface area is 228 Å². The molecule has 2 aromatic carbocycles. The van der Waals surface area contributed by atoms with E-state index in [1.807, 2.05) is 26.0 Å². The Balaban J connectivity index is 1.52. The molecule has 39 heavy (non-hydrogen) atoms. The minimum Gasteiger partial charge on any atom is -0.490 e. The van der Waals surface area contributed by atoms with Crippen molar-refractivity contribution >= 4 is 23.7 Å². The van der Waals surface area contributed by atoms with Gasteiger partial charge in [0.1, 0.15) is 41.1 Å². The Morgan fingerprint density at radius 2 is 1.87 bits per heavy atom. The maximum absolute atomic E-state index is 13.1. The van der Waals surface area contributed by atoms with Crippen LogP contribution in [0.5, 0.6) is 17.2 Å². The Morgan fingerprint density at radius 1 is 1.13 bits per heavy atom. The van der Waals surface area contributed by atoms with Crippen molar-refractivity contribution < 1.29 is 38.4 Å². The predicted octanol–water partition coefficient (Wildman–Crippen LogP) is 4.89. The second kappa shape index (κ2) is 11.4. The zero-order valence-electron chi connectivity index (χ0n) is 23.0. The molecule has 0 spiro atoms. The van der Waals surface area contributed by atoms with Gasteiger partial charge < -0.3 is 29.4 Å². The van der Waals surface area contributed by atoms with Gasteiger partial charge in [0.2, 0.25) is 5.91 Å². The maximum atomic E-state index is 13.1. The number of rotatable bonds is 8. The van der Waals surface area contributed by atoms with Crippen molar-refractivity contribution in [1.82, 2.24) is 4.90 Å². The van der Waals surface area contributed by atoms with Crippen molar-refractivity contribution in [3.8, 4) is 17.2 Å². The van der Waals surface area contributed by atoms with Gasteiger partial charge in [-0.05, 0) is 64.8 Å². The fraction of sp³-hybridized carbons (Fsp3) is 0.483. The molecule has 1 fully saturated rings. The fourth-order valence-electron chi connectivity index (χ4n) is 4.66. The maximum Gasteiger partial charge on any atom is 0.410 e. The number of carboxylic acid groups (broad SMARTS) is 1. The molecule has 210 valence electrons. The number of carboxylic acids is 1. The third kappa shape index (κ3) is 7.13. The van der Waals surface area contributed by atoms with E-state index in [4.69, 9.17) is 18.9 Å². The molecule has 2 N–H and O–H groups in total. The molecule has 10 nitrogen and oxygen atoms in total. The highest BCUT2D eigenvalue weighted by Crippen LogP contribution is 2.33. The van der Waals surface area contributed by atoms with Gasteiger partial charge in [-0.1, -0.05) is 12.1 Å². The molecule has 0 aliphatic carbocycles. The first kappa shape index (κ1) is 28.1. The van der Waals surface area contributed by atoms with Crippen molar-refractivity contribution in [1.29, 1.82) is 0 Å². The van der Waals surface area contributed by atoms with E-state index in [2.05, 4.69) is 5.32 Å². The predicted molar refractivity (Wildman–Crippen MR) is 144 cm³/mol. The molecule has 0 unspecified atom stereocenters. The molecule has 2 atom stereocenters. The Morgan fingerprint density at radius 3 is 2.56 bits per heavy atom. The lowest BCUT2D eigenvalue weighted by atomic mass is 10.0. The highest BCUT2D eigenvalue weighted by atomic mass is 16.6. The smallest absolute Gasteiger partial charge is 0.410 e. The number of nitrogens with zero attached hydrogens (tertiary/aromatic N) is 1. The first-order valence-electron chi connectivity index (χ1n) is 13.1. The molecule has 2 aliphatic heterocycles. The van der Waals surface area contributed by atoms with Crippen LogP contribution in [0.2, 0.25) is 0 Å². The van der Waals surface area contributed by atoms with Crippen molar-refractivity contribution in [2.45, 2.75) is 77.7 Å². The van der Waals surface area contributed by atoms with Crippen LogP contribution in [0.25, 0.3) is 0 Å². The number of amides is 2. The van der Waals surface area contributed by atoms with E-state index in [-0.39, 0.29) is 48.3 Å². The highest BCUT2D eigenvalue weighted by Gasteiger charge is 2.39. The van der Waals surface area contributed by atoms with E-state index in [1.54, 1.807) is 49.9 Å². The summed E-state index contributed by atoms with van der Waals surface area (Å²) in [5.41, 5.74) is 1.01. The molecule has 4 rings (SSSR count). The number of aryl methyl sites for hydroxylation is 1. The number of anilines is 1. The Kier molecular flexibility index (Phi) is 8.22. The van der Waals surface area contributed by atoms with Crippen LogP contribution < -0.4 is 19.5 Å². The van der Waals surface area contributed by atoms with E-state index < -0.39 is 23.7 Å². The topological polar surface area (TPSA) is 124 Å². The van der Waals surface area contributed by atoms with Crippen LogP contribution in [-0.2, 0) is 16.0 Å². The van der Waals surface area contributed by atoms with E-state index in [9.17, 15) is 19.5 Å². The fourth-order valence-corrected chi connectivity index (χ4v) is 4.66. The van der Waals surface area contributed by atoms with Crippen molar-refractivity contribution in [2.24, 2.45) is 0 Å². The lowest BCUT2D eigenvalue weighted by Gasteiger charge is -2.28. The minimum absolute atomic E-state index is 0.0302. The van der Waals surface area contributed by atoms with Crippen LogP contribution in [0.15, 0.2) is 36.4 Å². The first-order chi connectivity index (χ1) is 18.4. The van der Waals surface area contributed by atoms with Crippen LogP contribution in [0.1, 0.15) is 63.4 Å². The number of ether oxygens (including phenoxy) is 4. The van der Waals surface area contributed by atoms with Crippen LogP contribution in [0.4, 0.5) is 10.5 Å². The summed E-state index contributed by atoms with van der Waals surface area (Å²) >= 11 is 0. The molecule has 10 heteroatoms. The SMILES string of the molecule is CC(C)Oc1cccc(OC[C@H]2C[C@H](Oc3ccc4c(c3)NC(=O)CC4)CN2C(=O)OC(C)(C)C)c1C(=O)O. The largest absolute Gasteiger partial charge is 0.490 e. The summed E-state index contributed by atoms with van der Waals surface area (Å²) < 4.78 is 23.5. The Hall–Kier alpha value is -3.95. The van der Waals surface area contributed by atoms with Crippen LogP contribution >= 0.6 is 0 Å². The summed E-state index contributed by atoms with van der Waals surface area (Å²) in [4.78, 5) is 38.5. The number of benzene rings is 2. The number of hydrogen-bond donors (Lipinski definition) is 2. The van der Waals surface area contributed by atoms with Gasteiger partial charge >= 0.3 is 12.1 Å². The molecular weight excluding hydrogens is 504 g/mol. The second-order valence-electron chi connectivity index (χ2n) is 11.0. The molecule has 2 aliphatic rings. The van der Waals surface area contributed by atoms with E-state index in [0.29, 0.717) is 25.0 Å². The van der Waals surface area contributed by atoms with Gasteiger partial charge in [0.15, 0.2) is 0 Å². The second-order valence-corrected chi connectivity index (χ2v) is 11.0. The monoisotopic (exact) mass is 540 g/mol. The zero-order chi connectivity index (χ0) is 28.3. The third-order valence-corrected chi connectivity index (χ3v) is 6.28. The summed E-state index contributed by atoms with van der Waals surface area (Å²) in [7, 11) is 0. The molecule has 1 saturated heterocycles. The van der Waals surface area contributed by atoms with Gasteiger partial charge in [-0.2, -0.15) is 0 Å². The van der Waals surface area contributed by atoms with Gasteiger partial charge in [-0.15, -0.1) is 0 Å². The normalized spacial score (nSPS) is 18.8. The molecule has 0 aromatic heterocycles. The van der Waals surface area contributed by atoms with E-state index >= 15 is 0 Å². The van der Waals surface area contributed by atoms with Gasteiger partial charge in [-0.25, -0.2) is 9.59 Å². The van der Waals surface area contributed by atoms with Crippen molar-refractivity contribution in [3.05, 3.63) is 47.5 Å². The number of aromatic carboxylic acids is 1. The van der Waals surface area contributed by atoms with Crippen LogP contribution in [0.3, 0.4) is 0 Å². The molecule has 0 saturated carbocycles. The molecular formula is C29H36N2O8. The lowest BCUT2D eigenvalue weighted by molar-refractivity contribution is -0.116. The van der Waals surface area contributed by atoms with Gasteiger partial charge in [0.05, 0.1) is 18.7 Å². The number of nitrogens with one attached hydrogen (secondary N) is 1. The average molecular weight is 541 g/mol. The van der Waals surface area contributed by atoms with E-state index in [0.717, 1.165) is 11.3 Å². The van der Waals surface area contributed by atoms with E-state index in [1.165, 1.54) is 0 Å². The standard InChI is InChI=1S/C29H36N2O8/c1-17(2)37-24-8-6-7-23(26(24)27(33)34)36-16-19-13-21(15-31(19)28(35)39-29(3,4)5)38-20-11-9-18-10-12-25(32)30-22(18)14-20/h6-9,11,14,17,19,21H,10,12-13,15-16H2,1-5H3,(H,30,32)(H,33,34)/t19-,21+/m1/s1. The minimum atomic E-state index is -1.17. The average Bonchev–Trinajstić information content (AvgIpc) is 3.23. The van der Waals surface area contributed by atoms with Crippen LogP contribution in [-0.4, -0.2) is 65.0 Å². The lowest BCUT2D eigenvalue weighted by Crippen LogP contribution is -2.42. The number of carbonyl (C=O) groups is 3. The van der Waals surface area contributed by atoms with Gasteiger partial charge in [0, 0.05) is 24.6 Å². The summed E-state index contributed by atoms with van der Waals surface area (Å²) in [5, 5.41) is 12.7. The summed E-state index contributed by atoms with van der Waals surface area (Å²) in [6.07, 6.45) is 0.489. The number of hydrogen-bond acceptors (Lipinski definition) is 7. The van der Waals surface area contributed by atoms with Gasteiger partial charge in [-0.3, -0.25) is 9.69 Å². The molecule has 2 aromatic rings. The molecule has 0 radical (unpaired) electrons. The molecule has 2 heterocycles. The van der Waals surface area contributed by atoms with Crippen LogP contribution in [0, 0.1) is 0 Å². The number of likely N-dealkylation sites (tertiary alicyclic amines) is 1. The number of fused-ring (bicyclic) bond motifs is 1. The quantitative estimate of drug-likeness (QED) is 0.485. The summed E-state index contributed by atoms with van der Waals surface area (Å²) in [6, 6.07) is 9.98. The molecule has 2 amide bonds. The summed E-state index contributed by atoms with van der Waals surface area (Å²) in [6.45, 7) is 9.29. The van der Waals surface area contributed by atoms with Crippen molar-refractivity contribution in [3.63, 3.8) is 0 Å². The zero-order valence-corrected chi connectivity index (χ0v) is 23.0. The van der Waals surface area contributed by atoms with Crippen molar-refractivity contribution in [2.75, 3.05) is 18.5 Å².